The molecular formula is C11H10F2O2. The topological polar surface area (TPSA) is 26.3 Å². The number of benzene rings is 1. The first-order chi connectivity index (χ1) is 7.19. The Morgan fingerprint density at radius 2 is 2.13 bits per heavy atom. The zero-order chi connectivity index (χ0) is 11.3. The molecule has 0 heterocycles. The number of hydrogen-bond donors (Lipinski definition) is 0. The maximum atomic E-state index is 13.0. The molecule has 0 saturated heterocycles. The number of hydrogen-bond acceptors (Lipinski definition) is 2. The Labute approximate surface area is 86.2 Å². The van der Waals surface area contributed by atoms with Crippen molar-refractivity contribution in [2.75, 3.05) is 7.11 Å². The van der Waals surface area contributed by atoms with Gasteiger partial charge in [-0.15, -0.1) is 0 Å². The first-order valence-electron chi connectivity index (χ1n) is 4.32. The highest BCUT2D eigenvalue weighted by Crippen LogP contribution is 2.22. The van der Waals surface area contributed by atoms with E-state index in [9.17, 15) is 13.6 Å². The van der Waals surface area contributed by atoms with Gasteiger partial charge in [-0.1, -0.05) is 12.2 Å². The standard InChI is InChI=1S/C11H10F2O2/c1-15-10-7-8(4-2-3-5-14)6-9(12)11(10)13/h2,4-7H,3H2,1H3. The van der Waals surface area contributed by atoms with Crippen molar-refractivity contribution < 1.29 is 18.3 Å². The number of allylic oxidation sites excluding steroid dienone is 1. The molecule has 0 N–H and O–H groups in total. The Balaban J connectivity index is 3.00. The predicted molar refractivity (Wildman–Crippen MR) is 52.6 cm³/mol. The molecule has 0 unspecified atom stereocenters. The molecule has 0 spiro atoms. The SMILES string of the molecule is COc1cc(C=CCC=O)cc(F)c1F. The Kier molecular flexibility index (Phi) is 3.97. The highest BCUT2D eigenvalue weighted by atomic mass is 19.2. The van der Waals surface area contributed by atoms with Crippen LogP contribution in [0.25, 0.3) is 6.08 Å². The summed E-state index contributed by atoms with van der Waals surface area (Å²) in [5.74, 6) is -2.13. The number of carbonyl (C=O) groups excluding carboxylic acids is 1. The summed E-state index contributed by atoms with van der Waals surface area (Å²) in [5, 5.41) is 0. The lowest BCUT2D eigenvalue weighted by Gasteiger charge is -2.03. The van der Waals surface area contributed by atoms with Gasteiger partial charge in [0.2, 0.25) is 5.82 Å². The molecule has 0 amide bonds. The minimum atomic E-state index is -1.01. The van der Waals surface area contributed by atoms with Crippen LogP contribution in [0.1, 0.15) is 12.0 Å². The molecule has 0 fully saturated rings. The Morgan fingerprint density at radius 3 is 2.73 bits per heavy atom. The third-order valence-electron chi connectivity index (χ3n) is 1.78. The Hall–Kier alpha value is -1.71. The van der Waals surface area contributed by atoms with E-state index >= 15 is 0 Å². The summed E-state index contributed by atoms with van der Waals surface area (Å²) in [4.78, 5) is 10.0. The molecule has 0 aliphatic heterocycles. The van der Waals surface area contributed by atoms with Gasteiger partial charge in [0.1, 0.15) is 6.29 Å². The fourth-order valence-electron chi connectivity index (χ4n) is 1.09. The minimum absolute atomic E-state index is 0.152. The van der Waals surface area contributed by atoms with Crippen molar-refractivity contribution in [1.82, 2.24) is 0 Å². The normalized spacial score (nSPS) is 10.6. The lowest BCUT2D eigenvalue weighted by Crippen LogP contribution is -1.93. The highest BCUT2D eigenvalue weighted by molar-refractivity contribution is 5.58. The second-order valence-electron chi connectivity index (χ2n) is 2.82. The number of methoxy groups -OCH3 is 1. The van der Waals surface area contributed by atoms with Crippen LogP contribution >= 0.6 is 0 Å². The van der Waals surface area contributed by atoms with E-state index in [0.717, 1.165) is 6.07 Å². The van der Waals surface area contributed by atoms with Crippen molar-refractivity contribution in [3.63, 3.8) is 0 Å². The van der Waals surface area contributed by atoms with E-state index in [1.165, 1.54) is 19.3 Å². The molecule has 80 valence electrons. The van der Waals surface area contributed by atoms with Crippen LogP contribution < -0.4 is 4.74 Å². The third-order valence-corrected chi connectivity index (χ3v) is 1.78. The van der Waals surface area contributed by atoms with Gasteiger partial charge in [-0.3, -0.25) is 0 Å². The average molecular weight is 212 g/mol. The molecule has 0 aliphatic rings. The number of ether oxygens (including phenoxy) is 1. The number of halogens is 2. The lowest BCUT2D eigenvalue weighted by molar-refractivity contribution is -0.107. The molecule has 1 aromatic rings. The van der Waals surface area contributed by atoms with E-state index in [1.807, 2.05) is 0 Å². The average Bonchev–Trinajstić information content (AvgIpc) is 2.23. The quantitative estimate of drug-likeness (QED) is 0.717. The van der Waals surface area contributed by atoms with Gasteiger partial charge < -0.3 is 9.53 Å². The maximum Gasteiger partial charge on any atom is 0.200 e. The van der Waals surface area contributed by atoms with Gasteiger partial charge >= 0.3 is 0 Å². The van der Waals surface area contributed by atoms with Gasteiger partial charge in [0.15, 0.2) is 11.6 Å². The number of carbonyl (C=O) groups is 1. The first-order valence-corrected chi connectivity index (χ1v) is 4.32. The van der Waals surface area contributed by atoms with Crippen molar-refractivity contribution in [1.29, 1.82) is 0 Å². The summed E-state index contributed by atoms with van der Waals surface area (Å²) >= 11 is 0. The number of rotatable bonds is 4. The van der Waals surface area contributed by atoms with Crippen molar-refractivity contribution in [2.45, 2.75) is 6.42 Å². The zero-order valence-electron chi connectivity index (χ0n) is 8.17. The lowest BCUT2D eigenvalue weighted by atomic mass is 10.2. The molecule has 15 heavy (non-hydrogen) atoms. The second kappa shape index (κ2) is 5.24. The molecule has 0 atom stereocenters. The summed E-state index contributed by atoms with van der Waals surface area (Å²) in [6.45, 7) is 0. The zero-order valence-corrected chi connectivity index (χ0v) is 8.17. The van der Waals surface area contributed by atoms with E-state index in [0.29, 0.717) is 11.8 Å². The van der Waals surface area contributed by atoms with Crippen LogP contribution in [-0.2, 0) is 4.79 Å². The summed E-state index contributed by atoms with van der Waals surface area (Å²) < 4.78 is 30.6. The molecule has 0 radical (unpaired) electrons. The van der Waals surface area contributed by atoms with E-state index in [-0.39, 0.29) is 12.2 Å². The molecule has 0 aliphatic carbocycles. The van der Waals surface area contributed by atoms with Crippen molar-refractivity contribution >= 4 is 12.4 Å². The van der Waals surface area contributed by atoms with E-state index < -0.39 is 11.6 Å². The van der Waals surface area contributed by atoms with Crippen LogP contribution in [0.5, 0.6) is 5.75 Å². The predicted octanol–water partition coefficient (Wildman–Crippen LogP) is 2.58. The van der Waals surface area contributed by atoms with E-state index in [1.54, 1.807) is 6.08 Å². The largest absolute Gasteiger partial charge is 0.494 e. The maximum absolute atomic E-state index is 13.0. The second-order valence-corrected chi connectivity index (χ2v) is 2.82. The monoisotopic (exact) mass is 212 g/mol. The van der Waals surface area contributed by atoms with Crippen molar-refractivity contribution in [3.8, 4) is 5.75 Å². The van der Waals surface area contributed by atoms with Crippen LogP contribution in [0.2, 0.25) is 0 Å². The minimum Gasteiger partial charge on any atom is -0.494 e. The third kappa shape index (κ3) is 2.87. The Bertz CT molecular complexity index is 386. The molecule has 1 rings (SSSR count). The first kappa shape index (κ1) is 11.4. The van der Waals surface area contributed by atoms with Crippen LogP contribution in [0, 0.1) is 11.6 Å². The fourth-order valence-corrected chi connectivity index (χ4v) is 1.09. The van der Waals surface area contributed by atoms with E-state index in [2.05, 4.69) is 4.74 Å². The van der Waals surface area contributed by atoms with Crippen LogP contribution in [0.4, 0.5) is 8.78 Å². The van der Waals surface area contributed by atoms with Gasteiger partial charge in [-0.2, -0.15) is 4.39 Å². The van der Waals surface area contributed by atoms with Crippen LogP contribution in [0.3, 0.4) is 0 Å². The van der Waals surface area contributed by atoms with E-state index in [4.69, 9.17) is 0 Å². The Morgan fingerprint density at radius 1 is 1.40 bits per heavy atom. The van der Waals surface area contributed by atoms with Gasteiger partial charge in [0, 0.05) is 6.42 Å². The smallest absolute Gasteiger partial charge is 0.200 e. The summed E-state index contributed by atoms with van der Waals surface area (Å²) in [5.41, 5.74) is 0.451. The van der Waals surface area contributed by atoms with Crippen LogP contribution in [0.15, 0.2) is 18.2 Å². The molecule has 2 nitrogen and oxygen atoms in total. The molecule has 0 saturated carbocycles. The molecule has 4 heteroatoms. The van der Waals surface area contributed by atoms with Gasteiger partial charge in [0.25, 0.3) is 0 Å². The molecule has 0 bridgehead atoms. The summed E-state index contributed by atoms with van der Waals surface area (Å²) in [6, 6.07) is 2.40. The summed E-state index contributed by atoms with van der Waals surface area (Å²) in [7, 11) is 1.26. The molecular weight excluding hydrogens is 202 g/mol. The van der Waals surface area contributed by atoms with Gasteiger partial charge in [-0.25, -0.2) is 4.39 Å². The van der Waals surface area contributed by atoms with Crippen LogP contribution in [-0.4, -0.2) is 13.4 Å². The highest BCUT2D eigenvalue weighted by Gasteiger charge is 2.09. The summed E-state index contributed by atoms with van der Waals surface area (Å²) in [6.07, 6.45) is 4.04. The molecule has 0 aromatic heterocycles. The fraction of sp³-hybridized carbons (Fsp3) is 0.182. The van der Waals surface area contributed by atoms with Gasteiger partial charge in [-0.05, 0) is 17.7 Å². The number of aldehydes is 1. The molecule has 1 aromatic carbocycles. The van der Waals surface area contributed by atoms with Crippen molar-refractivity contribution in [2.24, 2.45) is 0 Å². The van der Waals surface area contributed by atoms with Crippen molar-refractivity contribution in [3.05, 3.63) is 35.4 Å². The van der Waals surface area contributed by atoms with Gasteiger partial charge in [0.05, 0.1) is 7.11 Å².